The van der Waals surface area contributed by atoms with E-state index >= 15 is 0 Å². The molecule has 0 aromatic heterocycles. The highest BCUT2D eigenvalue weighted by Gasteiger charge is 2.13. The minimum atomic E-state index is -3.78. The van der Waals surface area contributed by atoms with Crippen molar-refractivity contribution in [1.82, 2.24) is 0 Å². The maximum atomic E-state index is 11.6. The predicted molar refractivity (Wildman–Crippen MR) is 58.1 cm³/mol. The van der Waals surface area contributed by atoms with Crippen LogP contribution in [0.25, 0.3) is 0 Å². The Kier molecular flexibility index (Phi) is 4.47. The first-order valence-electron chi connectivity index (χ1n) is 4.54. The van der Waals surface area contributed by atoms with Crippen LogP contribution in [0.1, 0.15) is 5.56 Å². The van der Waals surface area contributed by atoms with Gasteiger partial charge in [-0.15, -0.1) is 0 Å². The Morgan fingerprint density at radius 2 is 1.88 bits per heavy atom. The Bertz CT molecular complexity index is 494. The van der Waals surface area contributed by atoms with Gasteiger partial charge in [0.25, 0.3) is 10.1 Å². The first-order valence-corrected chi connectivity index (χ1v) is 5.95. The second kappa shape index (κ2) is 5.64. The third kappa shape index (κ3) is 3.65. The molecule has 0 amide bonds. The minimum absolute atomic E-state index is 0.0696. The molecule has 0 aliphatic heterocycles. The molecule has 1 aromatic rings. The molecule has 0 saturated heterocycles. The SMILES string of the molecule is Cc1ccc(S(=O)(=O)OCC#CC[18F])cc1. The minimum Gasteiger partial charge on any atom is -0.253 e. The number of benzene rings is 1. The zero-order valence-electron chi connectivity index (χ0n) is 8.73. The molecule has 0 spiro atoms. The second-order valence-corrected chi connectivity index (χ2v) is 4.63. The lowest BCUT2D eigenvalue weighted by molar-refractivity contribution is 0.363. The van der Waals surface area contributed by atoms with E-state index in [9.17, 15) is 12.8 Å². The fourth-order valence-corrected chi connectivity index (χ4v) is 1.80. The van der Waals surface area contributed by atoms with Crippen LogP contribution in [-0.4, -0.2) is 21.7 Å². The summed E-state index contributed by atoms with van der Waals surface area (Å²) in [6.07, 6.45) is 0. The highest BCUT2D eigenvalue weighted by molar-refractivity contribution is 7.86. The van der Waals surface area contributed by atoms with Crippen molar-refractivity contribution in [2.24, 2.45) is 0 Å². The Labute approximate surface area is 94.4 Å². The molecule has 3 nitrogen and oxygen atoms in total. The van der Waals surface area contributed by atoms with Gasteiger partial charge in [-0.3, -0.25) is 4.18 Å². The van der Waals surface area contributed by atoms with Gasteiger partial charge in [-0.1, -0.05) is 29.5 Å². The molecule has 0 radical (unpaired) electrons. The van der Waals surface area contributed by atoms with Crippen molar-refractivity contribution in [2.45, 2.75) is 11.8 Å². The Balaban J connectivity index is 2.74. The van der Waals surface area contributed by atoms with Gasteiger partial charge in [0.05, 0.1) is 4.90 Å². The van der Waals surface area contributed by atoms with E-state index in [0.29, 0.717) is 0 Å². The molecular weight excluding hydrogens is 230 g/mol. The molecule has 0 aliphatic carbocycles. The largest absolute Gasteiger partial charge is 0.297 e. The molecule has 0 saturated carbocycles. The van der Waals surface area contributed by atoms with Crippen molar-refractivity contribution in [3.63, 3.8) is 0 Å². The van der Waals surface area contributed by atoms with Crippen molar-refractivity contribution >= 4 is 10.1 Å². The van der Waals surface area contributed by atoms with Gasteiger partial charge in [0.15, 0.2) is 0 Å². The summed E-state index contributed by atoms with van der Waals surface area (Å²) in [5, 5.41) is 0. The van der Waals surface area contributed by atoms with Gasteiger partial charge in [-0.25, -0.2) is 4.39 Å². The predicted octanol–water partition coefficient (Wildman–Crippen LogP) is 1.67. The lowest BCUT2D eigenvalue weighted by Gasteiger charge is -2.02. The van der Waals surface area contributed by atoms with Crippen LogP contribution in [0.3, 0.4) is 0 Å². The van der Waals surface area contributed by atoms with Gasteiger partial charge >= 0.3 is 0 Å². The highest BCUT2D eigenvalue weighted by atomic mass is 32.2. The third-order valence-electron chi connectivity index (χ3n) is 1.79. The highest BCUT2D eigenvalue weighted by Crippen LogP contribution is 2.12. The fourth-order valence-electron chi connectivity index (χ4n) is 0.978. The summed E-state index contributed by atoms with van der Waals surface area (Å²) < 4.78 is 39.2. The summed E-state index contributed by atoms with van der Waals surface area (Å²) in [6, 6.07) is 6.24. The van der Waals surface area contributed by atoms with Crippen molar-refractivity contribution in [1.29, 1.82) is 0 Å². The molecule has 0 heterocycles. The molecule has 0 unspecified atom stereocenters. The smallest absolute Gasteiger partial charge is 0.253 e. The van der Waals surface area contributed by atoms with Crippen molar-refractivity contribution in [3.05, 3.63) is 29.8 Å². The number of hydrogen-bond donors (Lipinski definition) is 0. The standard InChI is InChI=1S/C11H11FO3S/c1-10-4-6-11(7-5-10)16(13,14)15-9-3-2-8-12/h4-7H,8-9H2,1H3/i12-1. The summed E-state index contributed by atoms with van der Waals surface area (Å²) in [5.74, 6) is 4.32. The summed E-state index contributed by atoms with van der Waals surface area (Å²) in [4.78, 5) is 0.0696. The van der Waals surface area contributed by atoms with Crippen LogP contribution in [-0.2, 0) is 14.3 Å². The van der Waals surface area contributed by atoms with Crippen LogP contribution in [0.15, 0.2) is 29.2 Å². The van der Waals surface area contributed by atoms with E-state index in [2.05, 4.69) is 16.0 Å². The topological polar surface area (TPSA) is 43.4 Å². The lowest BCUT2D eigenvalue weighted by Crippen LogP contribution is -2.06. The van der Waals surface area contributed by atoms with E-state index in [1.807, 2.05) is 6.92 Å². The summed E-state index contributed by atoms with van der Waals surface area (Å²) in [6.45, 7) is 0.706. The number of rotatable bonds is 3. The summed E-state index contributed by atoms with van der Waals surface area (Å²) >= 11 is 0. The monoisotopic (exact) mass is 241 g/mol. The van der Waals surface area contributed by atoms with E-state index in [1.54, 1.807) is 12.1 Å². The van der Waals surface area contributed by atoms with Gasteiger partial charge in [0.2, 0.25) is 0 Å². The number of hydrogen-bond acceptors (Lipinski definition) is 3. The molecule has 5 heteroatoms. The summed E-state index contributed by atoms with van der Waals surface area (Å²) in [5.41, 5.74) is 0.955. The zero-order chi connectivity index (χ0) is 12.0. The van der Waals surface area contributed by atoms with Crippen LogP contribution in [0.2, 0.25) is 0 Å². The van der Waals surface area contributed by atoms with Crippen LogP contribution in [0.5, 0.6) is 0 Å². The molecule has 16 heavy (non-hydrogen) atoms. The number of halogens is 1. The quantitative estimate of drug-likeness (QED) is 0.597. The van der Waals surface area contributed by atoms with Crippen LogP contribution >= 0.6 is 0 Å². The Hall–Kier alpha value is -1.38. The van der Waals surface area contributed by atoms with E-state index in [-0.39, 0.29) is 11.5 Å². The van der Waals surface area contributed by atoms with Crippen LogP contribution in [0.4, 0.5) is 4.39 Å². The first kappa shape index (κ1) is 12.7. The van der Waals surface area contributed by atoms with Gasteiger partial charge in [0, 0.05) is 0 Å². The molecular formula is C11H11FO3S. The molecule has 1 aromatic carbocycles. The molecule has 0 N–H and O–H groups in total. The van der Waals surface area contributed by atoms with Crippen molar-refractivity contribution < 1.29 is 17.0 Å². The van der Waals surface area contributed by atoms with Gasteiger partial charge in [-0.05, 0) is 19.1 Å². The average Bonchev–Trinajstić information content (AvgIpc) is 2.25. The van der Waals surface area contributed by atoms with Crippen molar-refractivity contribution in [2.75, 3.05) is 13.3 Å². The van der Waals surface area contributed by atoms with Gasteiger partial charge < -0.3 is 0 Å². The summed E-state index contributed by atoms with van der Waals surface area (Å²) in [7, 11) is -3.78. The number of aryl methyl sites for hydroxylation is 1. The normalized spacial score (nSPS) is 10.6. The molecule has 0 fully saturated rings. The molecule has 0 aliphatic rings. The maximum Gasteiger partial charge on any atom is 0.297 e. The Morgan fingerprint density at radius 3 is 2.44 bits per heavy atom. The molecule has 0 bridgehead atoms. The van der Waals surface area contributed by atoms with Gasteiger partial charge in [0.1, 0.15) is 13.3 Å². The van der Waals surface area contributed by atoms with E-state index in [0.717, 1.165) is 5.56 Å². The fraction of sp³-hybridized carbons (Fsp3) is 0.273. The number of alkyl halides is 1. The second-order valence-electron chi connectivity index (χ2n) is 3.02. The van der Waals surface area contributed by atoms with Crippen LogP contribution < -0.4 is 0 Å². The molecule has 0 atom stereocenters. The average molecular weight is 241 g/mol. The Morgan fingerprint density at radius 1 is 1.25 bits per heavy atom. The van der Waals surface area contributed by atoms with E-state index < -0.39 is 16.8 Å². The molecule has 1 rings (SSSR count). The van der Waals surface area contributed by atoms with Crippen molar-refractivity contribution in [3.8, 4) is 11.8 Å². The maximum absolute atomic E-state index is 11.6. The lowest BCUT2D eigenvalue weighted by atomic mass is 10.2. The van der Waals surface area contributed by atoms with E-state index in [4.69, 9.17) is 0 Å². The van der Waals surface area contributed by atoms with Crippen LogP contribution in [0, 0.1) is 18.8 Å². The van der Waals surface area contributed by atoms with Gasteiger partial charge in [-0.2, -0.15) is 8.42 Å². The van der Waals surface area contributed by atoms with E-state index in [1.165, 1.54) is 12.1 Å². The first-order chi connectivity index (χ1) is 7.56. The third-order valence-corrected chi connectivity index (χ3v) is 3.07. The molecule has 86 valence electrons. The zero-order valence-corrected chi connectivity index (χ0v) is 9.55.